The van der Waals surface area contributed by atoms with Crippen LogP contribution in [0.3, 0.4) is 0 Å². The molecule has 1 aromatic heterocycles. The molecule has 1 heterocycles. The Bertz CT molecular complexity index is 510. The molecule has 1 aromatic rings. The van der Waals surface area contributed by atoms with E-state index in [9.17, 15) is 8.42 Å². The van der Waals surface area contributed by atoms with Crippen molar-refractivity contribution in [1.82, 2.24) is 10.6 Å². The minimum absolute atomic E-state index is 0.0667. The van der Waals surface area contributed by atoms with Gasteiger partial charge < -0.3 is 10.6 Å². The summed E-state index contributed by atoms with van der Waals surface area (Å²) in [6.07, 6.45) is 2.78. The monoisotopic (exact) mass is 317 g/mol. The Morgan fingerprint density at radius 3 is 2.80 bits per heavy atom. The number of sulfone groups is 1. The third kappa shape index (κ3) is 7.49. The molecular formula is C13H23N3O2S2. The summed E-state index contributed by atoms with van der Waals surface area (Å²) in [5.41, 5.74) is 1.31. The van der Waals surface area contributed by atoms with Crippen molar-refractivity contribution in [3.8, 4) is 0 Å². The van der Waals surface area contributed by atoms with E-state index in [2.05, 4.69) is 32.5 Å². The third-order valence-electron chi connectivity index (χ3n) is 2.81. The van der Waals surface area contributed by atoms with E-state index < -0.39 is 9.84 Å². The SMILES string of the molecule is CN=C(NCCc1ccsc1)NC(C)CCS(C)(=O)=O. The quantitative estimate of drug-likeness (QED) is 0.587. The lowest BCUT2D eigenvalue weighted by molar-refractivity contribution is 0.581. The summed E-state index contributed by atoms with van der Waals surface area (Å²) >= 11 is 1.69. The fraction of sp³-hybridized carbons (Fsp3) is 0.615. The Morgan fingerprint density at radius 2 is 2.25 bits per heavy atom. The molecule has 0 aliphatic rings. The zero-order valence-electron chi connectivity index (χ0n) is 12.2. The Labute approximate surface area is 125 Å². The maximum absolute atomic E-state index is 11.1. The van der Waals surface area contributed by atoms with Crippen LogP contribution in [-0.4, -0.2) is 46.0 Å². The predicted molar refractivity (Wildman–Crippen MR) is 86.3 cm³/mol. The second-order valence-electron chi connectivity index (χ2n) is 4.84. The van der Waals surface area contributed by atoms with Crippen LogP contribution in [0.4, 0.5) is 0 Å². The smallest absolute Gasteiger partial charge is 0.191 e. The number of thiophene rings is 1. The molecule has 0 spiro atoms. The van der Waals surface area contributed by atoms with Crippen LogP contribution in [0, 0.1) is 0 Å². The van der Waals surface area contributed by atoms with Gasteiger partial charge in [-0.25, -0.2) is 8.42 Å². The molecule has 7 heteroatoms. The van der Waals surface area contributed by atoms with Gasteiger partial charge in [0, 0.05) is 25.9 Å². The zero-order valence-corrected chi connectivity index (χ0v) is 13.9. The van der Waals surface area contributed by atoms with E-state index in [0.717, 1.165) is 13.0 Å². The maximum atomic E-state index is 11.1. The van der Waals surface area contributed by atoms with Gasteiger partial charge in [-0.3, -0.25) is 4.99 Å². The van der Waals surface area contributed by atoms with E-state index in [1.165, 1.54) is 11.8 Å². The first-order valence-electron chi connectivity index (χ1n) is 6.56. The van der Waals surface area contributed by atoms with Gasteiger partial charge in [-0.2, -0.15) is 11.3 Å². The molecular weight excluding hydrogens is 294 g/mol. The highest BCUT2D eigenvalue weighted by Crippen LogP contribution is 2.05. The van der Waals surface area contributed by atoms with Crippen LogP contribution in [0.1, 0.15) is 18.9 Å². The van der Waals surface area contributed by atoms with Crippen LogP contribution >= 0.6 is 11.3 Å². The fourth-order valence-electron chi connectivity index (χ4n) is 1.65. The standard InChI is InChI=1S/C13H23N3O2S2/c1-11(6-9-20(3,17)18)16-13(14-2)15-7-4-12-5-8-19-10-12/h5,8,10-11H,4,6-7,9H2,1-3H3,(H2,14,15,16). The molecule has 0 fully saturated rings. The molecule has 0 amide bonds. The first-order valence-corrected chi connectivity index (χ1v) is 9.57. The predicted octanol–water partition coefficient (Wildman–Crippen LogP) is 1.28. The van der Waals surface area contributed by atoms with Crippen LogP contribution in [0.15, 0.2) is 21.8 Å². The number of aliphatic imine (C=N–C) groups is 1. The molecule has 114 valence electrons. The summed E-state index contributed by atoms with van der Waals surface area (Å²) in [5.74, 6) is 0.897. The van der Waals surface area contributed by atoms with Gasteiger partial charge in [-0.1, -0.05) is 0 Å². The van der Waals surface area contributed by atoms with Crippen molar-refractivity contribution in [2.24, 2.45) is 4.99 Å². The number of hydrogen-bond donors (Lipinski definition) is 2. The molecule has 1 rings (SSSR count). The fourth-order valence-corrected chi connectivity index (χ4v) is 3.14. The van der Waals surface area contributed by atoms with Crippen molar-refractivity contribution in [2.75, 3.05) is 25.6 Å². The second kappa shape index (κ2) is 8.26. The molecule has 0 aromatic carbocycles. The van der Waals surface area contributed by atoms with Crippen LogP contribution in [-0.2, 0) is 16.3 Å². The summed E-state index contributed by atoms with van der Waals surface area (Å²) < 4.78 is 22.2. The van der Waals surface area contributed by atoms with Gasteiger partial charge in [0.25, 0.3) is 0 Å². The highest BCUT2D eigenvalue weighted by atomic mass is 32.2. The molecule has 0 aliphatic heterocycles. The molecule has 0 saturated heterocycles. The van der Waals surface area contributed by atoms with Gasteiger partial charge in [0.15, 0.2) is 5.96 Å². The summed E-state index contributed by atoms with van der Waals surface area (Å²) in [7, 11) is -1.20. The molecule has 0 radical (unpaired) electrons. The van der Waals surface area contributed by atoms with E-state index in [4.69, 9.17) is 0 Å². The number of nitrogens with one attached hydrogen (secondary N) is 2. The van der Waals surface area contributed by atoms with E-state index in [1.807, 2.05) is 6.92 Å². The molecule has 0 bridgehead atoms. The largest absolute Gasteiger partial charge is 0.356 e. The average molecular weight is 317 g/mol. The van der Waals surface area contributed by atoms with Gasteiger partial charge >= 0.3 is 0 Å². The highest BCUT2D eigenvalue weighted by Gasteiger charge is 2.09. The molecule has 20 heavy (non-hydrogen) atoms. The Hall–Kier alpha value is -1.08. The van der Waals surface area contributed by atoms with Crippen molar-refractivity contribution in [3.05, 3.63) is 22.4 Å². The lowest BCUT2D eigenvalue weighted by Gasteiger charge is -2.17. The van der Waals surface area contributed by atoms with Gasteiger partial charge in [0.2, 0.25) is 0 Å². The van der Waals surface area contributed by atoms with Crippen molar-refractivity contribution < 1.29 is 8.42 Å². The van der Waals surface area contributed by atoms with Gasteiger partial charge in [-0.05, 0) is 42.2 Å². The van der Waals surface area contributed by atoms with Gasteiger partial charge in [0.1, 0.15) is 9.84 Å². The average Bonchev–Trinajstić information content (AvgIpc) is 2.87. The lowest BCUT2D eigenvalue weighted by atomic mass is 10.2. The third-order valence-corrected chi connectivity index (χ3v) is 4.52. The van der Waals surface area contributed by atoms with Crippen LogP contribution < -0.4 is 10.6 Å². The van der Waals surface area contributed by atoms with Crippen molar-refractivity contribution in [3.63, 3.8) is 0 Å². The maximum Gasteiger partial charge on any atom is 0.191 e. The molecule has 1 atom stereocenters. The molecule has 2 N–H and O–H groups in total. The summed E-state index contributed by atoms with van der Waals surface area (Å²) in [6, 6.07) is 2.18. The first kappa shape index (κ1) is 17.0. The minimum atomic E-state index is -2.91. The van der Waals surface area contributed by atoms with E-state index in [0.29, 0.717) is 12.4 Å². The lowest BCUT2D eigenvalue weighted by Crippen LogP contribution is -2.43. The number of guanidine groups is 1. The summed E-state index contributed by atoms with van der Waals surface area (Å²) in [4.78, 5) is 4.14. The van der Waals surface area contributed by atoms with E-state index in [-0.39, 0.29) is 11.8 Å². The molecule has 0 saturated carbocycles. The van der Waals surface area contributed by atoms with Crippen LogP contribution in [0.5, 0.6) is 0 Å². The second-order valence-corrected chi connectivity index (χ2v) is 7.88. The van der Waals surface area contributed by atoms with E-state index >= 15 is 0 Å². The van der Waals surface area contributed by atoms with Crippen LogP contribution in [0.2, 0.25) is 0 Å². The van der Waals surface area contributed by atoms with Gasteiger partial charge in [0.05, 0.1) is 5.75 Å². The number of hydrogen-bond acceptors (Lipinski definition) is 4. The van der Waals surface area contributed by atoms with Crippen molar-refractivity contribution in [1.29, 1.82) is 0 Å². The van der Waals surface area contributed by atoms with Crippen molar-refractivity contribution in [2.45, 2.75) is 25.8 Å². The Kier molecular flexibility index (Phi) is 7.01. The Balaban J connectivity index is 2.28. The molecule has 5 nitrogen and oxygen atoms in total. The molecule has 0 aliphatic carbocycles. The first-order chi connectivity index (χ1) is 9.40. The summed E-state index contributed by atoms with van der Waals surface area (Å²) in [5, 5.41) is 10.6. The Morgan fingerprint density at radius 1 is 1.50 bits per heavy atom. The molecule has 1 unspecified atom stereocenters. The van der Waals surface area contributed by atoms with Crippen molar-refractivity contribution >= 4 is 27.1 Å². The number of nitrogens with zero attached hydrogens (tertiary/aromatic N) is 1. The normalized spacial score (nSPS) is 14.1. The van der Waals surface area contributed by atoms with Gasteiger partial charge in [-0.15, -0.1) is 0 Å². The highest BCUT2D eigenvalue weighted by molar-refractivity contribution is 7.90. The van der Waals surface area contributed by atoms with Crippen LogP contribution in [0.25, 0.3) is 0 Å². The number of rotatable bonds is 7. The topological polar surface area (TPSA) is 70.6 Å². The minimum Gasteiger partial charge on any atom is -0.356 e. The van der Waals surface area contributed by atoms with E-state index in [1.54, 1.807) is 18.4 Å². The zero-order chi connectivity index (χ0) is 15.0. The summed E-state index contributed by atoms with van der Waals surface area (Å²) in [6.45, 7) is 2.76.